The van der Waals surface area contributed by atoms with E-state index in [0.29, 0.717) is 49.9 Å². The highest BCUT2D eigenvalue weighted by Gasteiger charge is 2.48. The van der Waals surface area contributed by atoms with E-state index in [1.54, 1.807) is 17.0 Å². The number of hydrogen-bond acceptors (Lipinski definition) is 6. The van der Waals surface area contributed by atoms with Crippen LogP contribution in [0, 0.1) is 5.41 Å². The van der Waals surface area contributed by atoms with E-state index in [9.17, 15) is 19.2 Å². The number of carbonyl (C=O) groups is 4. The highest BCUT2D eigenvalue weighted by molar-refractivity contribution is 7.18. The molecule has 0 bridgehead atoms. The van der Waals surface area contributed by atoms with Gasteiger partial charge in [0, 0.05) is 25.1 Å². The first-order valence-corrected chi connectivity index (χ1v) is 9.70. The van der Waals surface area contributed by atoms with Crippen molar-refractivity contribution in [2.24, 2.45) is 5.41 Å². The molecule has 2 aliphatic rings. The molecule has 8 heteroatoms. The van der Waals surface area contributed by atoms with Gasteiger partial charge in [0.25, 0.3) is 5.91 Å². The third-order valence-electron chi connectivity index (χ3n) is 5.29. The van der Waals surface area contributed by atoms with Crippen molar-refractivity contribution in [3.8, 4) is 0 Å². The first-order valence-electron chi connectivity index (χ1n) is 8.89. The van der Waals surface area contributed by atoms with E-state index in [1.807, 2.05) is 6.07 Å². The van der Waals surface area contributed by atoms with Crippen molar-refractivity contribution in [3.05, 3.63) is 28.8 Å². The van der Waals surface area contributed by atoms with Crippen molar-refractivity contribution in [2.45, 2.75) is 32.6 Å². The number of nitrogens with zero attached hydrogens (tertiary/aromatic N) is 2. The van der Waals surface area contributed by atoms with Crippen LogP contribution in [0.3, 0.4) is 0 Å². The molecule has 2 fully saturated rings. The van der Waals surface area contributed by atoms with Gasteiger partial charge in [0.15, 0.2) is 0 Å². The molecule has 3 amide bonds. The zero-order chi connectivity index (χ0) is 19.2. The topological polar surface area (TPSA) is 96.4 Å². The number of carbonyl (C=O) groups excluding carboxylic acids is 4. The SMILES string of the molecule is CC(=O)Cc1nc2cc(C(=O)N3CCC4(CCC(=O)NC4=O)C3)ccc2s1. The second-order valence-corrected chi connectivity index (χ2v) is 8.42. The molecule has 1 aromatic heterocycles. The van der Waals surface area contributed by atoms with Gasteiger partial charge in [-0.15, -0.1) is 11.3 Å². The average Bonchev–Trinajstić information content (AvgIpc) is 3.21. The van der Waals surface area contributed by atoms with Crippen LogP contribution in [0.1, 0.15) is 41.6 Å². The van der Waals surface area contributed by atoms with E-state index >= 15 is 0 Å². The van der Waals surface area contributed by atoms with Crippen molar-refractivity contribution in [2.75, 3.05) is 13.1 Å². The normalized spacial score (nSPS) is 22.5. The lowest BCUT2D eigenvalue weighted by molar-refractivity contribution is -0.141. The Bertz CT molecular complexity index is 982. The number of nitrogens with one attached hydrogen (secondary N) is 1. The van der Waals surface area contributed by atoms with Gasteiger partial charge in [0.2, 0.25) is 11.8 Å². The maximum Gasteiger partial charge on any atom is 0.253 e. The summed E-state index contributed by atoms with van der Waals surface area (Å²) in [5, 5.41) is 3.14. The van der Waals surface area contributed by atoms with Crippen molar-refractivity contribution < 1.29 is 19.2 Å². The van der Waals surface area contributed by atoms with Crippen LogP contribution in [0.5, 0.6) is 0 Å². The number of benzene rings is 1. The van der Waals surface area contributed by atoms with Crippen LogP contribution in [0.2, 0.25) is 0 Å². The zero-order valence-corrected chi connectivity index (χ0v) is 15.7. The number of hydrogen-bond donors (Lipinski definition) is 1. The molecule has 2 aromatic rings. The Hall–Kier alpha value is -2.61. The van der Waals surface area contributed by atoms with Crippen LogP contribution >= 0.6 is 11.3 Å². The number of likely N-dealkylation sites (tertiary alicyclic amines) is 1. The van der Waals surface area contributed by atoms with Gasteiger partial charge >= 0.3 is 0 Å². The predicted molar refractivity (Wildman–Crippen MR) is 99.3 cm³/mol. The Kier molecular flexibility index (Phi) is 4.30. The Morgan fingerprint density at radius 2 is 2.11 bits per heavy atom. The average molecular weight is 385 g/mol. The number of fused-ring (bicyclic) bond motifs is 1. The van der Waals surface area contributed by atoms with Gasteiger partial charge in [0.1, 0.15) is 10.8 Å². The van der Waals surface area contributed by atoms with Crippen molar-refractivity contribution in [3.63, 3.8) is 0 Å². The number of imide groups is 1. The van der Waals surface area contributed by atoms with Crippen molar-refractivity contribution >= 4 is 45.1 Å². The van der Waals surface area contributed by atoms with Crippen LogP contribution in [0.25, 0.3) is 10.2 Å². The summed E-state index contributed by atoms with van der Waals surface area (Å²) in [6, 6.07) is 5.35. The molecule has 27 heavy (non-hydrogen) atoms. The highest BCUT2D eigenvalue weighted by atomic mass is 32.1. The second kappa shape index (κ2) is 6.53. The highest BCUT2D eigenvalue weighted by Crippen LogP contribution is 2.38. The first kappa shape index (κ1) is 17.8. The Balaban J connectivity index is 1.53. The maximum absolute atomic E-state index is 12.9. The zero-order valence-electron chi connectivity index (χ0n) is 14.9. The molecule has 1 spiro atoms. The summed E-state index contributed by atoms with van der Waals surface area (Å²) < 4.78 is 0.936. The Morgan fingerprint density at radius 1 is 1.30 bits per heavy atom. The monoisotopic (exact) mass is 385 g/mol. The van der Waals surface area contributed by atoms with E-state index in [1.165, 1.54) is 18.3 Å². The molecule has 1 unspecified atom stereocenters. The summed E-state index contributed by atoms with van der Waals surface area (Å²) in [4.78, 5) is 54.0. The molecule has 3 heterocycles. The van der Waals surface area contributed by atoms with Gasteiger partial charge in [-0.25, -0.2) is 4.98 Å². The molecule has 7 nitrogen and oxygen atoms in total. The molecular weight excluding hydrogens is 366 g/mol. The van der Waals surface area contributed by atoms with Crippen LogP contribution in [-0.4, -0.2) is 46.5 Å². The number of Topliss-reactive ketones (excluding diaryl/α,β-unsaturated/α-hetero) is 1. The van der Waals surface area contributed by atoms with Gasteiger partial charge < -0.3 is 4.90 Å². The summed E-state index contributed by atoms with van der Waals surface area (Å²) >= 11 is 1.45. The quantitative estimate of drug-likeness (QED) is 0.811. The molecule has 1 aromatic carbocycles. The van der Waals surface area contributed by atoms with Crippen LogP contribution in [-0.2, 0) is 20.8 Å². The predicted octanol–water partition coefficient (Wildman–Crippen LogP) is 1.70. The number of ketones is 1. The minimum absolute atomic E-state index is 0.0527. The second-order valence-electron chi connectivity index (χ2n) is 7.30. The summed E-state index contributed by atoms with van der Waals surface area (Å²) in [5.74, 6) is -0.597. The van der Waals surface area contributed by atoms with Crippen LogP contribution in [0.4, 0.5) is 0 Å². The van der Waals surface area contributed by atoms with Gasteiger partial charge in [-0.3, -0.25) is 24.5 Å². The standard InChI is InChI=1S/C19H19N3O4S/c1-11(23)8-16-20-13-9-12(2-3-14(13)27-16)17(25)22-7-6-19(10-22)5-4-15(24)21-18(19)26/h2-3,9H,4-8,10H2,1H3,(H,21,24,26). The minimum Gasteiger partial charge on any atom is -0.338 e. The van der Waals surface area contributed by atoms with E-state index < -0.39 is 5.41 Å². The molecule has 0 aliphatic carbocycles. The van der Waals surface area contributed by atoms with E-state index in [2.05, 4.69) is 10.3 Å². The summed E-state index contributed by atoms with van der Waals surface area (Å²) in [5.41, 5.74) is 0.576. The summed E-state index contributed by atoms with van der Waals surface area (Å²) in [6.45, 7) is 2.35. The molecule has 2 saturated heterocycles. The third-order valence-corrected chi connectivity index (χ3v) is 6.32. The molecule has 2 aliphatic heterocycles. The number of amides is 3. The smallest absolute Gasteiger partial charge is 0.253 e. The molecule has 140 valence electrons. The van der Waals surface area contributed by atoms with Crippen molar-refractivity contribution in [1.82, 2.24) is 15.2 Å². The largest absolute Gasteiger partial charge is 0.338 e. The first-order chi connectivity index (χ1) is 12.9. The Labute approximate surface area is 159 Å². The molecule has 1 N–H and O–H groups in total. The van der Waals surface area contributed by atoms with Gasteiger partial charge in [-0.1, -0.05) is 0 Å². The number of piperidine rings is 1. The summed E-state index contributed by atoms with van der Waals surface area (Å²) in [7, 11) is 0. The number of rotatable bonds is 3. The third kappa shape index (κ3) is 3.25. The fourth-order valence-corrected chi connectivity index (χ4v) is 4.82. The molecule has 0 saturated carbocycles. The minimum atomic E-state index is -0.650. The lowest BCUT2D eigenvalue weighted by atomic mass is 9.79. The fourth-order valence-electron chi connectivity index (χ4n) is 3.80. The van der Waals surface area contributed by atoms with Gasteiger partial charge in [0.05, 0.1) is 22.1 Å². The summed E-state index contributed by atoms with van der Waals surface area (Å²) in [6.07, 6.45) is 1.67. The van der Waals surface area contributed by atoms with E-state index in [4.69, 9.17) is 0 Å². The lowest BCUT2D eigenvalue weighted by Gasteiger charge is -2.31. The van der Waals surface area contributed by atoms with Gasteiger partial charge in [-0.2, -0.15) is 0 Å². The number of thiazole rings is 1. The molecule has 0 radical (unpaired) electrons. The number of aromatic nitrogens is 1. The maximum atomic E-state index is 12.9. The van der Waals surface area contributed by atoms with Crippen LogP contribution < -0.4 is 5.32 Å². The fraction of sp³-hybridized carbons (Fsp3) is 0.421. The molecule has 4 rings (SSSR count). The molecular formula is C19H19N3O4S. The van der Waals surface area contributed by atoms with Gasteiger partial charge in [-0.05, 0) is 38.0 Å². The van der Waals surface area contributed by atoms with E-state index in [0.717, 1.165) is 9.71 Å². The van der Waals surface area contributed by atoms with E-state index in [-0.39, 0.29) is 23.5 Å². The lowest BCUT2D eigenvalue weighted by Crippen LogP contribution is -2.50. The van der Waals surface area contributed by atoms with Crippen molar-refractivity contribution in [1.29, 1.82) is 0 Å². The Morgan fingerprint density at radius 3 is 2.85 bits per heavy atom. The molecule has 1 atom stereocenters. The van der Waals surface area contributed by atoms with Crippen LogP contribution in [0.15, 0.2) is 18.2 Å².